The van der Waals surface area contributed by atoms with Gasteiger partial charge in [0.15, 0.2) is 5.76 Å². The zero-order valence-electron chi connectivity index (χ0n) is 14.2. The Balaban J connectivity index is 1.47. The molecule has 3 N–H and O–H groups in total. The molecule has 1 saturated heterocycles. The van der Waals surface area contributed by atoms with Gasteiger partial charge in [0.2, 0.25) is 5.91 Å². The topological polar surface area (TPSA) is 91.8 Å². The summed E-state index contributed by atoms with van der Waals surface area (Å²) in [7, 11) is 0. The van der Waals surface area contributed by atoms with Gasteiger partial charge in [-0.05, 0) is 36.8 Å². The van der Waals surface area contributed by atoms with Gasteiger partial charge in [-0.15, -0.1) is 0 Å². The second-order valence-corrected chi connectivity index (χ2v) is 6.17. The van der Waals surface area contributed by atoms with Crippen LogP contribution in [0.25, 0.3) is 0 Å². The number of nitrogens with one attached hydrogen (secondary N) is 1. The van der Waals surface area contributed by atoms with Crippen molar-refractivity contribution in [2.45, 2.75) is 6.92 Å². The van der Waals surface area contributed by atoms with Crippen molar-refractivity contribution in [1.82, 2.24) is 9.80 Å². The number of benzene rings is 1. The lowest BCUT2D eigenvalue weighted by atomic mass is 10.2. The minimum Gasteiger partial charge on any atom is -0.459 e. The van der Waals surface area contributed by atoms with Gasteiger partial charge in [0, 0.05) is 37.6 Å². The molecular weight excluding hydrogens is 320 g/mol. The van der Waals surface area contributed by atoms with Crippen molar-refractivity contribution in [3.63, 3.8) is 0 Å². The van der Waals surface area contributed by atoms with Gasteiger partial charge in [0.1, 0.15) is 0 Å². The second-order valence-electron chi connectivity index (χ2n) is 6.17. The Hall–Kier alpha value is -2.80. The number of hydrogen-bond acceptors (Lipinski definition) is 5. The van der Waals surface area contributed by atoms with E-state index in [0.29, 0.717) is 43.3 Å². The van der Waals surface area contributed by atoms with E-state index < -0.39 is 0 Å². The standard InChI is InChI=1S/C18H22N4O3/c1-13-4-5-14(11-15(13)19)20-17(23)12-21-6-8-22(9-7-21)18(24)16-3-2-10-25-16/h2-5,10-11H,6-9,12,19H2,1H3,(H,20,23). The number of carbonyl (C=O) groups is 2. The van der Waals surface area contributed by atoms with Crippen LogP contribution in [0.4, 0.5) is 11.4 Å². The summed E-state index contributed by atoms with van der Waals surface area (Å²) < 4.78 is 5.15. The van der Waals surface area contributed by atoms with Crippen LogP contribution in [0.15, 0.2) is 41.0 Å². The monoisotopic (exact) mass is 342 g/mol. The zero-order valence-corrected chi connectivity index (χ0v) is 14.2. The minimum absolute atomic E-state index is 0.0888. The molecule has 1 aliphatic heterocycles. The molecule has 2 heterocycles. The quantitative estimate of drug-likeness (QED) is 0.823. The fourth-order valence-electron chi connectivity index (χ4n) is 2.79. The van der Waals surface area contributed by atoms with E-state index in [9.17, 15) is 9.59 Å². The highest BCUT2D eigenvalue weighted by molar-refractivity contribution is 5.93. The number of amides is 2. The largest absolute Gasteiger partial charge is 0.459 e. The molecule has 25 heavy (non-hydrogen) atoms. The molecule has 2 aromatic rings. The predicted octanol–water partition coefficient (Wildman–Crippen LogP) is 1.57. The van der Waals surface area contributed by atoms with Crippen molar-refractivity contribution in [3.8, 4) is 0 Å². The molecule has 1 aromatic carbocycles. The van der Waals surface area contributed by atoms with Gasteiger partial charge in [-0.1, -0.05) is 6.07 Å². The van der Waals surface area contributed by atoms with Crippen LogP contribution in [0.3, 0.4) is 0 Å². The van der Waals surface area contributed by atoms with Crippen molar-refractivity contribution in [2.24, 2.45) is 0 Å². The van der Waals surface area contributed by atoms with Crippen LogP contribution in [-0.2, 0) is 4.79 Å². The summed E-state index contributed by atoms with van der Waals surface area (Å²) in [5.74, 6) is 0.154. The molecule has 2 amide bonds. The average molecular weight is 342 g/mol. The molecule has 7 heteroatoms. The first-order chi connectivity index (χ1) is 12.0. The van der Waals surface area contributed by atoms with Crippen LogP contribution in [0.5, 0.6) is 0 Å². The van der Waals surface area contributed by atoms with Crippen molar-refractivity contribution >= 4 is 23.2 Å². The third-order valence-corrected chi connectivity index (χ3v) is 4.32. The summed E-state index contributed by atoms with van der Waals surface area (Å²) in [6.45, 7) is 4.65. The first-order valence-corrected chi connectivity index (χ1v) is 8.24. The molecule has 0 saturated carbocycles. The van der Waals surface area contributed by atoms with E-state index in [4.69, 9.17) is 10.2 Å². The third-order valence-electron chi connectivity index (χ3n) is 4.32. The van der Waals surface area contributed by atoms with Gasteiger partial charge in [0.05, 0.1) is 12.8 Å². The number of piperazine rings is 1. The molecule has 1 aliphatic rings. The predicted molar refractivity (Wildman–Crippen MR) is 95.3 cm³/mol. The highest BCUT2D eigenvalue weighted by atomic mass is 16.3. The van der Waals surface area contributed by atoms with Gasteiger partial charge in [-0.25, -0.2) is 0 Å². The van der Waals surface area contributed by atoms with Crippen LogP contribution in [0.1, 0.15) is 16.1 Å². The van der Waals surface area contributed by atoms with E-state index in [1.54, 1.807) is 23.1 Å². The molecule has 132 valence electrons. The molecule has 0 unspecified atom stereocenters. The molecule has 7 nitrogen and oxygen atoms in total. The summed E-state index contributed by atoms with van der Waals surface area (Å²) >= 11 is 0. The Bertz CT molecular complexity index is 750. The lowest BCUT2D eigenvalue weighted by molar-refractivity contribution is -0.117. The Kier molecular flexibility index (Phi) is 5.04. The van der Waals surface area contributed by atoms with Crippen LogP contribution < -0.4 is 11.1 Å². The van der Waals surface area contributed by atoms with Gasteiger partial charge >= 0.3 is 0 Å². The van der Waals surface area contributed by atoms with Crippen LogP contribution in [0.2, 0.25) is 0 Å². The van der Waals surface area contributed by atoms with Crippen LogP contribution >= 0.6 is 0 Å². The van der Waals surface area contributed by atoms with Crippen molar-refractivity contribution < 1.29 is 14.0 Å². The van der Waals surface area contributed by atoms with E-state index >= 15 is 0 Å². The number of carbonyl (C=O) groups excluding carboxylic acids is 2. The smallest absolute Gasteiger partial charge is 0.289 e. The molecular formula is C18H22N4O3. The van der Waals surface area contributed by atoms with Gasteiger partial charge in [-0.3, -0.25) is 14.5 Å². The summed E-state index contributed by atoms with van der Waals surface area (Å²) in [5.41, 5.74) is 8.19. The number of aryl methyl sites for hydroxylation is 1. The molecule has 1 fully saturated rings. The third kappa shape index (κ3) is 4.19. The van der Waals surface area contributed by atoms with Gasteiger partial charge in [-0.2, -0.15) is 0 Å². The number of rotatable bonds is 4. The highest BCUT2D eigenvalue weighted by Crippen LogP contribution is 2.17. The van der Waals surface area contributed by atoms with Gasteiger partial charge < -0.3 is 20.4 Å². The first-order valence-electron chi connectivity index (χ1n) is 8.24. The highest BCUT2D eigenvalue weighted by Gasteiger charge is 2.24. The number of nitrogen functional groups attached to an aromatic ring is 1. The summed E-state index contributed by atoms with van der Waals surface area (Å²) in [4.78, 5) is 28.2. The van der Waals surface area contributed by atoms with E-state index in [-0.39, 0.29) is 18.4 Å². The Morgan fingerprint density at radius 2 is 1.96 bits per heavy atom. The summed E-state index contributed by atoms with van der Waals surface area (Å²) in [5, 5.41) is 2.86. The van der Waals surface area contributed by atoms with Crippen molar-refractivity contribution in [2.75, 3.05) is 43.8 Å². The lowest BCUT2D eigenvalue weighted by Gasteiger charge is -2.33. The average Bonchev–Trinajstić information content (AvgIpc) is 3.13. The maximum atomic E-state index is 12.2. The fourth-order valence-corrected chi connectivity index (χ4v) is 2.79. The van der Waals surface area contributed by atoms with E-state index in [2.05, 4.69) is 5.32 Å². The molecule has 0 bridgehead atoms. The SMILES string of the molecule is Cc1ccc(NC(=O)CN2CCN(C(=O)c3ccco3)CC2)cc1N. The lowest BCUT2D eigenvalue weighted by Crippen LogP contribution is -2.50. The van der Waals surface area contributed by atoms with E-state index in [1.165, 1.54) is 6.26 Å². The molecule has 0 aliphatic carbocycles. The Morgan fingerprint density at radius 3 is 2.60 bits per heavy atom. The summed E-state index contributed by atoms with van der Waals surface area (Å²) in [6.07, 6.45) is 1.49. The maximum absolute atomic E-state index is 12.2. The van der Waals surface area contributed by atoms with Gasteiger partial charge in [0.25, 0.3) is 5.91 Å². The molecule has 0 radical (unpaired) electrons. The minimum atomic E-state index is -0.107. The van der Waals surface area contributed by atoms with Crippen molar-refractivity contribution in [1.29, 1.82) is 0 Å². The molecule has 3 rings (SSSR count). The van der Waals surface area contributed by atoms with E-state index in [0.717, 1.165) is 5.56 Å². The number of furan rings is 1. The van der Waals surface area contributed by atoms with Crippen LogP contribution in [-0.4, -0.2) is 54.3 Å². The Labute approximate surface area is 146 Å². The first kappa shape index (κ1) is 17.0. The van der Waals surface area contributed by atoms with E-state index in [1.807, 2.05) is 24.0 Å². The maximum Gasteiger partial charge on any atom is 0.289 e. The molecule has 0 atom stereocenters. The van der Waals surface area contributed by atoms with Crippen LogP contribution in [0, 0.1) is 6.92 Å². The molecule has 0 spiro atoms. The zero-order chi connectivity index (χ0) is 17.8. The summed E-state index contributed by atoms with van der Waals surface area (Å²) in [6, 6.07) is 8.84. The number of anilines is 2. The fraction of sp³-hybridized carbons (Fsp3) is 0.333. The van der Waals surface area contributed by atoms with Crippen molar-refractivity contribution in [3.05, 3.63) is 47.9 Å². The Morgan fingerprint density at radius 1 is 1.20 bits per heavy atom. The number of nitrogens with two attached hydrogens (primary N) is 1. The second kappa shape index (κ2) is 7.40. The number of hydrogen-bond donors (Lipinski definition) is 2. The normalized spacial score (nSPS) is 15.2. The molecule has 1 aromatic heterocycles. The number of nitrogens with zero attached hydrogens (tertiary/aromatic N) is 2.